The second kappa shape index (κ2) is 6.18. The van der Waals surface area contributed by atoms with Crippen LogP contribution in [-0.4, -0.2) is 20.5 Å². The molecule has 4 nitrogen and oxygen atoms in total. The van der Waals surface area contributed by atoms with Crippen LogP contribution in [0.4, 0.5) is 0 Å². The minimum absolute atomic E-state index is 0.182. The van der Waals surface area contributed by atoms with E-state index in [1.54, 1.807) is 7.11 Å². The monoisotopic (exact) mass is 300 g/mol. The highest BCUT2D eigenvalue weighted by Crippen LogP contribution is 2.42. The maximum Gasteiger partial charge on any atom is 0.231 e. The van der Waals surface area contributed by atoms with E-state index in [0.717, 1.165) is 28.6 Å². The van der Waals surface area contributed by atoms with Gasteiger partial charge in [0.2, 0.25) is 6.79 Å². The van der Waals surface area contributed by atoms with Crippen molar-refractivity contribution in [3.05, 3.63) is 47.5 Å². The van der Waals surface area contributed by atoms with Gasteiger partial charge in [0.25, 0.3) is 0 Å². The maximum atomic E-state index is 5.79. The fraction of sp³-hybridized carbons (Fsp3) is 0.333. The van der Waals surface area contributed by atoms with Crippen LogP contribution in [0.15, 0.2) is 36.4 Å². The summed E-state index contributed by atoms with van der Waals surface area (Å²) in [6.45, 7) is 5.01. The summed E-state index contributed by atoms with van der Waals surface area (Å²) in [4.78, 5) is 0. The molecule has 0 radical (unpaired) electrons. The Morgan fingerprint density at radius 3 is 2.41 bits per heavy atom. The Hall–Kier alpha value is -2.36. The highest BCUT2D eigenvalue weighted by Gasteiger charge is 2.22. The van der Waals surface area contributed by atoms with Crippen molar-refractivity contribution in [1.29, 1.82) is 0 Å². The summed E-state index contributed by atoms with van der Waals surface area (Å²) in [6.07, 6.45) is 0. The maximum absolute atomic E-state index is 5.79. The van der Waals surface area contributed by atoms with E-state index >= 15 is 0 Å². The van der Waals surface area contributed by atoms with Crippen molar-refractivity contribution in [2.45, 2.75) is 19.8 Å². The molecule has 3 rings (SSSR count). The summed E-state index contributed by atoms with van der Waals surface area (Å²) in [5.74, 6) is 3.40. The van der Waals surface area contributed by atoms with Crippen LogP contribution < -0.4 is 18.9 Å². The number of benzene rings is 2. The Balaban J connectivity index is 1.97. The van der Waals surface area contributed by atoms with Gasteiger partial charge in [0.1, 0.15) is 11.5 Å². The number of rotatable bonds is 5. The zero-order chi connectivity index (χ0) is 15.5. The zero-order valence-electron chi connectivity index (χ0n) is 13.1. The highest BCUT2D eigenvalue weighted by atomic mass is 16.7. The van der Waals surface area contributed by atoms with Crippen molar-refractivity contribution in [3.63, 3.8) is 0 Å². The van der Waals surface area contributed by atoms with Gasteiger partial charge in [-0.2, -0.15) is 0 Å². The van der Waals surface area contributed by atoms with Crippen molar-refractivity contribution >= 4 is 0 Å². The molecular weight excluding hydrogens is 280 g/mol. The standard InChI is InChI=1S/C18H20O4/c1-4-20-16-10-18-17(21-11-22-18)9-15(16)12(2)13-5-7-14(19-3)8-6-13/h5-10,12H,4,11H2,1-3H3/t12-/m0/s1. The van der Waals surface area contributed by atoms with E-state index in [9.17, 15) is 0 Å². The topological polar surface area (TPSA) is 36.9 Å². The number of fused-ring (bicyclic) bond motifs is 1. The van der Waals surface area contributed by atoms with Crippen LogP contribution in [0.3, 0.4) is 0 Å². The van der Waals surface area contributed by atoms with Gasteiger partial charge in [0.05, 0.1) is 13.7 Å². The molecule has 1 heterocycles. The first-order chi connectivity index (χ1) is 10.7. The molecule has 2 aromatic rings. The van der Waals surface area contributed by atoms with Gasteiger partial charge in [0.15, 0.2) is 11.5 Å². The Bertz CT molecular complexity index is 649. The van der Waals surface area contributed by atoms with Gasteiger partial charge in [-0.3, -0.25) is 0 Å². The van der Waals surface area contributed by atoms with Gasteiger partial charge in [-0.15, -0.1) is 0 Å². The lowest BCUT2D eigenvalue weighted by molar-refractivity contribution is 0.173. The number of methoxy groups -OCH3 is 1. The average Bonchev–Trinajstić information content (AvgIpc) is 3.01. The third-order valence-corrected chi connectivity index (χ3v) is 3.89. The fourth-order valence-corrected chi connectivity index (χ4v) is 2.63. The third-order valence-electron chi connectivity index (χ3n) is 3.89. The van der Waals surface area contributed by atoms with Crippen LogP contribution in [0.2, 0.25) is 0 Å². The van der Waals surface area contributed by atoms with Crippen LogP contribution in [0.5, 0.6) is 23.0 Å². The first-order valence-electron chi connectivity index (χ1n) is 7.43. The molecule has 1 atom stereocenters. The van der Waals surface area contributed by atoms with Crippen LogP contribution in [0, 0.1) is 0 Å². The van der Waals surface area contributed by atoms with E-state index in [-0.39, 0.29) is 12.7 Å². The molecule has 0 aromatic heterocycles. The van der Waals surface area contributed by atoms with E-state index in [4.69, 9.17) is 18.9 Å². The molecule has 0 amide bonds. The van der Waals surface area contributed by atoms with E-state index < -0.39 is 0 Å². The van der Waals surface area contributed by atoms with Crippen molar-refractivity contribution in [1.82, 2.24) is 0 Å². The molecule has 2 aromatic carbocycles. The first kappa shape index (κ1) is 14.6. The molecule has 0 saturated carbocycles. The Morgan fingerprint density at radius 1 is 1.09 bits per heavy atom. The molecule has 0 bridgehead atoms. The van der Waals surface area contributed by atoms with Crippen LogP contribution in [0.25, 0.3) is 0 Å². The van der Waals surface area contributed by atoms with Gasteiger partial charge >= 0.3 is 0 Å². The summed E-state index contributed by atoms with van der Waals surface area (Å²) in [5.41, 5.74) is 2.29. The quantitative estimate of drug-likeness (QED) is 0.837. The largest absolute Gasteiger partial charge is 0.497 e. The van der Waals surface area contributed by atoms with E-state index in [1.807, 2.05) is 31.2 Å². The predicted molar refractivity (Wildman–Crippen MR) is 84.2 cm³/mol. The van der Waals surface area contributed by atoms with E-state index in [2.05, 4.69) is 19.1 Å². The molecule has 4 heteroatoms. The van der Waals surface area contributed by atoms with Gasteiger partial charge in [-0.05, 0) is 30.7 Å². The number of hydrogen-bond acceptors (Lipinski definition) is 4. The summed E-state index contributed by atoms with van der Waals surface area (Å²) >= 11 is 0. The summed E-state index contributed by atoms with van der Waals surface area (Å²) < 4.78 is 21.9. The normalized spacial score (nSPS) is 13.8. The van der Waals surface area contributed by atoms with Crippen molar-refractivity contribution in [2.24, 2.45) is 0 Å². The number of hydrogen-bond donors (Lipinski definition) is 0. The highest BCUT2D eigenvalue weighted by molar-refractivity contribution is 5.54. The van der Waals surface area contributed by atoms with E-state index in [1.165, 1.54) is 5.56 Å². The van der Waals surface area contributed by atoms with Crippen LogP contribution in [-0.2, 0) is 0 Å². The van der Waals surface area contributed by atoms with Gasteiger partial charge in [-0.1, -0.05) is 19.1 Å². The summed E-state index contributed by atoms with van der Waals surface area (Å²) in [7, 11) is 1.67. The summed E-state index contributed by atoms with van der Waals surface area (Å²) in [6, 6.07) is 12.0. The smallest absolute Gasteiger partial charge is 0.231 e. The van der Waals surface area contributed by atoms with Gasteiger partial charge in [0, 0.05) is 17.5 Å². The molecule has 0 saturated heterocycles. The molecule has 0 unspecified atom stereocenters. The lowest BCUT2D eigenvalue weighted by Gasteiger charge is -2.18. The van der Waals surface area contributed by atoms with Crippen LogP contribution >= 0.6 is 0 Å². The number of ether oxygens (including phenoxy) is 4. The second-order valence-electron chi connectivity index (χ2n) is 5.17. The molecule has 1 aliphatic heterocycles. The fourth-order valence-electron chi connectivity index (χ4n) is 2.63. The van der Waals surface area contributed by atoms with Crippen molar-refractivity contribution < 1.29 is 18.9 Å². The minimum Gasteiger partial charge on any atom is -0.497 e. The van der Waals surface area contributed by atoms with Crippen LogP contribution in [0.1, 0.15) is 30.9 Å². The SMILES string of the molecule is CCOc1cc2c(cc1[C@@H](C)c1ccc(OC)cc1)OCO2. The molecule has 22 heavy (non-hydrogen) atoms. The molecule has 0 fully saturated rings. The summed E-state index contributed by atoms with van der Waals surface area (Å²) in [5, 5.41) is 0. The average molecular weight is 300 g/mol. The second-order valence-corrected chi connectivity index (χ2v) is 5.17. The Morgan fingerprint density at radius 2 is 1.77 bits per heavy atom. The van der Waals surface area contributed by atoms with Gasteiger partial charge < -0.3 is 18.9 Å². The predicted octanol–water partition coefficient (Wildman–Crippen LogP) is 3.97. The molecule has 1 aliphatic rings. The third kappa shape index (κ3) is 2.69. The molecule has 0 spiro atoms. The van der Waals surface area contributed by atoms with E-state index in [0.29, 0.717) is 6.61 Å². The Kier molecular flexibility index (Phi) is 4.09. The zero-order valence-corrected chi connectivity index (χ0v) is 13.1. The molecule has 116 valence electrons. The lowest BCUT2D eigenvalue weighted by Crippen LogP contribution is -2.02. The van der Waals surface area contributed by atoms with Gasteiger partial charge in [-0.25, -0.2) is 0 Å². The minimum atomic E-state index is 0.182. The Labute approximate surface area is 130 Å². The van der Waals surface area contributed by atoms with Crippen molar-refractivity contribution in [3.8, 4) is 23.0 Å². The first-order valence-corrected chi connectivity index (χ1v) is 7.43. The molecule has 0 aliphatic carbocycles. The molecule has 0 N–H and O–H groups in total. The lowest BCUT2D eigenvalue weighted by atomic mass is 9.92. The molecular formula is C18H20O4. The van der Waals surface area contributed by atoms with Crippen molar-refractivity contribution in [2.75, 3.05) is 20.5 Å².